The van der Waals surface area contributed by atoms with Crippen molar-refractivity contribution < 1.29 is 9.90 Å². The highest BCUT2D eigenvalue weighted by Crippen LogP contribution is 2.19. The summed E-state index contributed by atoms with van der Waals surface area (Å²) in [7, 11) is 0. The van der Waals surface area contributed by atoms with Crippen LogP contribution in [-0.4, -0.2) is 23.8 Å². The molecule has 0 aliphatic heterocycles. The van der Waals surface area contributed by atoms with Crippen molar-refractivity contribution in [3.05, 3.63) is 28.8 Å². The zero-order chi connectivity index (χ0) is 13.5. The SMILES string of the molecule is CCC(O)CCNC(=O)Nc1ccc(Cl)cc1C. The van der Waals surface area contributed by atoms with Crippen molar-refractivity contribution in [1.82, 2.24) is 5.32 Å². The molecule has 0 heterocycles. The molecule has 0 fully saturated rings. The number of anilines is 1. The fourth-order valence-corrected chi connectivity index (χ4v) is 1.72. The fourth-order valence-electron chi connectivity index (χ4n) is 1.49. The molecule has 1 atom stereocenters. The Balaban J connectivity index is 2.40. The van der Waals surface area contributed by atoms with E-state index in [0.29, 0.717) is 24.4 Å². The standard InChI is InChI=1S/C13H19ClN2O2/c1-3-11(17)6-7-15-13(18)16-12-5-4-10(14)8-9(12)2/h4-5,8,11,17H,3,6-7H2,1-2H3,(H2,15,16,18). The summed E-state index contributed by atoms with van der Waals surface area (Å²) in [5.74, 6) is 0. The Bertz CT molecular complexity index is 410. The average Bonchev–Trinajstić information content (AvgIpc) is 2.32. The summed E-state index contributed by atoms with van der Waals surface area (Å²) in [4.78, 5) is 11.6. The second-order valence-electron chi connectivity index (χ2n) is 4.19. The first-order valence-electron chi connectivity index (χ1n) is 6.02. The number of amides is 2. The number of rotatable bonds is 5. The van der Waals surface area contributed by atoms with Gasteiger partial charge in [-0.25, -0.2) is 4.79 Å². The van der Waals surface area contributed by atoms with Crippen LogP contribution in [-0.2, 0) is 0 Å². The Morgan fingerprint density at radius 3 is 2.83 bits per heavy atom. The van der Waals surface area contributed by atoms with Gasteiger partial charge in [0.2, 0.25) is 0 Å². The van der Waals surface area contributed by atoms with E-state index in [2.05, 4.69) is 10.6 Å². The molecule has 1 aromatic rings. The Morgan fingerprint density at radius 2 is 2.22 bits per heavy atom. The third kappa shape index (κ3) is 4.94. The smallest absolute Gasteiger partial charge is 0.319 e. The van der Waals surface area contributed by atoms with Crippen LogP contribution in [0.2, 0.25) is 5.02 Å². The van der Waals surface area contributed by atoms with Crippen molar-refractivity contribution in [2.75, 3.05) is 11.9 Å². The number of aliphatic hydroxyl groups is 1. The minimum atomic E-state index is -0.359. The molecule has 5 heteroatoms. The predicted octanol–water partition coefficient (Wildman–Crippen LogP) is 2.93. The topological polar surface area (TPSA) is 61.4 Å². The zero-order valence-electron chi connectivity index (χ0n) is 10.7. The first-order chi connectivity index (χ1) is 8.52. The number of urea groups is 1. The first kappa shape index (κ1) is 14.8. The van der Waals surface area contributed by atoms with Crippen molar-refractivity contribution >= 4 is 23.3 Å². The van der Waals surface area contributed by atoms with Gasteiger partial charge in [0.05, 0.1) is 6.10 Å². The van der Waals surface area contributed by atoms with E-state index in [9.17, 15) is 9.90 Å². The van der Waals surface area contributed by atoms with Crippen molar-refractivity contribution in [2.24, 2.45) is 0 Å². The average molecular weight is 271 g/mol. The van der Waals surface area contributed by atoms with Crippen molar-refractivity contribution in [3.63, 3.8) is 0 Å². The van der Waals surface area contributed by atoms with Gasteiger partial charge in [-0.3, -0.25) is 0 Å². The van der Waals surface area contributed by atoms with E-state index >= 15 is 0 Å². The lowest BCUT2D eigenvalue weighted by Gasteiger charge is -2.11. The largest absolute Gasteiger partial charge is 0.393 e. The van der Waals surface area contributed by atoms with Gasteiger partial charge in [0.15, 0.2) is 0 Å². The summed E-state index contributed by atoms with van der Waals surface area (Å²) in [6.45, 7) is 4.23. The molecular weight excluding hydrogens is 252 g/mol. The van der Waals surface area contributed by atoms with Crippen LogP contribution in [0.3, 0.4) is 0 Å². The van der Waals surface area contributed by atoms with Crippen LogP contribution in [0.4, 0.5) is 10.5 Å². The van der Waals surface area contributed by atoms with E-state index in [1.807, 2.05) is 13.8 Å². The normalized spacial score (nSPS) is 12.0. The van der Waals surface area contributed by atoms with Crippen molar-refractivity contribution in [1.29, 1.82) is 0 Å². The second-order valence-corrected chi connectivity index (χ2v) is 4.63. The molecule has 0 spiro atoms. The second kappa shape index (κ2) is 7.24. The number of carbonyl (C=O) groups excluding carboxylic acids is 1. The Morgan fingerprint density at radius 1 is 1.50 bits per heavy atom. The molecular formula is C13H19ClN2O2. The van der Waals surface area contributed by atoms with Crippen LogP contribution in [0.15, 0.2) is 18.2 Å². The van der Waals surface area contributed by atoms with Crippen molar-refractivity contribution in [3.8, 4) is 0 Å². The quantitative estimate of drug-likeness (QED) is 0.770. The minimum absolute atomic E-state index is 0.274. The van der Waals surface area contributed by atoms with E-state index in [1.165, 1.54) is 0 Å². The van der Waals surface area contributed by atoms with E-state index in [1.54, 1.807) is 18.2 Å². The van der Waals surface area contributed by atoms with Gasteiger partial charge in [0.25, 0.3) is 0 Å². The van der Waals surface area contributed by atoms with Gasteiger partial charge in [0, 0.05) is 17.3 Å². The predicted molar refractivity (Wildman–Crippen MR) is 74.1 cm³/mol. The molecule has 1 rings (SSSR count). The highest BCUT2D eigenvalue weighted by atomic mass is 35.5. The summed E-state index contributed by atoms with van der Waals surface area (Å²) in [6.07, 6.45) is 0.894. The van der Waals surface area contributed by atoms with Crippen LogP contribution in [0.5, 0.6) is 0 Å². The van der Waals surface area contributed by atoms with E-state index < -0.39 is 0 Å². The first-order valence-corrected chi connectivity index (χ1v) is 6.39. The number of benzene rings is 1. The number of aliphatic hydroxyl groups excluding tert-OH is 1. The molecule has 0 aliphatic carbocycles. The third-order valence-electron chi connectivity index (χ3n) is 2.67. The van der Waals surface area contributed by atoms with Gasteiger partial charge < -0.3 is 15.7 Å². The van der Waals surface area contributed by atoms with Gasteiger partial charge in [-0.2, -0.15) is 0 Å². The summed E-state index contributed by atoms with van der Waals surface area (Å²) >= 11 is 5.83. The summed E-state index contributed by atoms with van der Waals surface area (Å²) in [5.41, 5.74) is 1.64. The summed E-state index contributed by atoms with van der Waals surface area (Å²) in [5, 5.41) is 15.4. The van der Waals surface area contributed by atoms with Gasteiger partial charge >= 0.3 is 6.03 Å². The molecule has 4 nitrogen and oxygen atoms in total. The maximum Gasteiger partial charge on any atom is 0.319 e. The molecule has 1 aromatic carbocycles. The van der Waals surface area contributed by atoms with E-state index in [4.69, 9.17) is 11.6 Å². The Hall–Kier alpha value is -1.26. The monoisotopic (exact) mass is 270 g/mol. The van der Waals surface area contributed by atoms with Crippen LogP contribution < -0.4 is 10.6 Å². The van der Waals surface area contributed by atoms with Gasteiger partial charge in [-0.1, -0.05) is 18.5 Å². The summed E-state index contributed by atoms with van der Waals surface area (Å²) in [6, 6.07) is 5.00. The highest BCUT2D eigenvalue weighted by Gasteiger charge is 2.05. The van der Waals surface area contributed by atoms with E-state index in [-0.39, 0.29) is 12.1 Å². The number of halogens is 1. The highest BCUT2D eigenvalue weighted by molar-refractivity contribution is 6.30. The molecule has 0 saturated carbocycles. The fraction of sp³-hybridized carbons (Fsp3) is 0.462. The molecule has 1 unspecified atom stereocenters. The zero-order valence-corrected chi connectivity index (χ0v) is 11.4. The maximum atomic E-state index is 11.6. The number of nitrogens with one attached hydrogen (secondary N) is 2. The maximum absolute atomic E-state index is 11.6. The summed E-state index contributed by atoms with van der Waals surface area (Å²) < 4.78 is 0. The Labute approximate surface area is 112 Å². The molecule has 0 radical (unpaired) electrons. The molecule has 0 bridgehead atoms. The van der Waals surface area contributed by atoms with E-state index in [0.717, 1.165) is 11.3 Å². The van der Waals surface area contributed by atoms with Crippen LogP contribution in [0.1, 0.15) is 25.3 Å². The van der Waals surface area contributed by atoms with Crippen LogP contribution in [0.25, 0.3) is 0 Å². The Kier molecular flexibility index (Phi) is 5.95. The number of aryl methyl sites for hydroxylation is 1. The number of hydrogen-bond donors (Lipinski definition) is 3. The molecule has 0 aliphatic rings. The van der Waals surface area contributed by atoms with Crippen molar-refractivity contribution in [2.45, 2.75) is 32.8 Å². The van der Waals surface area contributed by atoms with Gasteiger partial charge in [-0.05, 0) is 43.5 Å². The molecule has 3 N–H and O–H groups in total. The lowest BCUT2D eigenvalue weighted by molar-refractivity contribution is 0.160. The van der Waals surface area contributed by atoms with Crippen LogP contribution in [0, 0.1) is 6.92 Å². The third-order valence-corrected chi connectivity index (χ3v) is 2.91. The number of hydrogen-bond acceptors (Lipinski definition) is 2. The van der Waals surface area contributed by atoms with Crippen LogP contribution >= 0.6 is 11.6 Å². The molecule has 0 saturated heterocycles. The molecule has 100 valence electrons. The minimum Gasteiger partial charge on any atom is -0.393 e. The lowest BCUT2D eigenvalue weighted by Crippen LogP contribution is -2.31. The van der Waals surface area contributed by atoms with Gasteiger partial charge in [-0.15, -0.1) is 0 Å². The molecule has 18 heavy (non-hydrogen) atoms. The van der Waals surface area contributed by atoms with Gasteiger partial charge in [0.1, 0.15) is 0 Å². The number of carbonyl (C=O) groups is 1. The molecule has 0 aromatic heterocycles. The lowest BCUT2D eigenvalue weighted by atomic mass is 10.2. The molecule has 2 amide bonds.